The maximum atomic E-state index is 12.8. The van der Waals surface area contributed by atoms with Gasteiger partial charge < -0.3 is 19.7 Å². The van der Waals surface area contributed by atoms with Crippen LogP contribution in [0.3, 0.4) is 0 Å². The molecule has 2 fully saturated rings. The molecule has 2 rings (SSSR count). The highest BCUT2D eigenvalue weighted by atomic mass is 16.6. The van der Waals surface area contributed by atoms with Crippen molar-refractivity contribution in [2.24, 2.45) is 0 Å². The Morgan fingerprint density at radius 3 is 2.48 bits per heavy atom. The number of rotatable bonds is 2. The van der Waals surface area contributed by atoms with Crippen molar-refractivity contribution in [3.05, 3.63) is 0 Å². The predicted molar refractivity (Wildman–Crippen MR) is 82.7 cm³/mol. The lowest BCUT2D eigenvalue weighted by molar-refractivity contribution is -0.164. The summed E-state index contributed by atoms with van der Waals surface area (Å²) < 4.78 is 10.0. The Labute approximate surface area is 136 Å². The molecule has 0 saturated carbocycles. The van der Waals surface area contributed by atoms with E-state index >= 15 is 0 Å². The zero-order valence-electron chi connectivity index (χ0n) is 14.3. The van der Waals surface area contributed by atoms with E-state index < -0.39 is 23.8 Å². The summed E-state index contributed by atoms with van der Waals surface area (Å²) in [6.45, 7) is 5.43. The zero-order chi connectivity index (χ0) is 17.2. The highest BCUT2D eigenvalue weighted by Crippen LogP contribution is 2.33. The Morgan fingerprint density at radius 2 is 1.87 bits per heavy atom. The van der Waals surface area contributed by atoms with Crippen LogP contribution >= 0.6 is 0 Å². The minimum Gasteiger partial charge on any atom is -0.458 e. The molecule has 0 unspecified atom stereocenters. The number of nitrogens with zero attached hydrogens (tertiary/aromatic N) is 1. The van der Waals surface area contributed by atoms with E-state index in [1.165, 1.54) is 7.11 Å². The summed E-state index contributed by atoms with van der Waals surface area (Å²) in [5.74, 6) is -0.585. The van der Waals surface area contributed by atoms with Crippen LogP contribution in [0.25, 0.3) is 0 Å². The molecule has 0 aromatic carbocycles. The largest absolute Gasteiger partial charge is 0.458 e. The van der Waals surface area contributed by atoms with Crippen molar-refractivity contribution in [1.29, 1.82) is 0 Å². The van der Waals surface area contributed by atoms with Crippen molar-refractivity contribution in [2.75, 3.05) is 7.11 Å². The van der Waals surface area contributed by atoms with Crippen LogP contribution in [0.15, 0.2) is 0 Å². The van der Waals surface area contributed by atoms with E-state index in [1.807, 2.05) is 20.8 Å². The molecule has 0 spiro atoms. The molecule has 2 aliphatic heterocycles. The molecule has 2 aliphatic rings. The number of ether oxygens (including phenoxy) is 2. The molecule has 0 aromatic rings. The average Bonchev–Trinajstić information content (AvgIpc) is 2.81. The summed E-state index contributed by atoms with van der Waals surface area (Å²) in [5.41, 5.74) is -0.590. The van der Waals surface area contributed by atoms with Crippen LogP contribution < -0.4 is 5.32 Å². The first-order chi connectivity index (χ1) is 10.7. The number of fused-ring (bicyclic) bond motifs is 1. The molecule has 2 amide bonds. The van der Waals surface area contributed by atoms with Gasteiger partial charge in [0.15, 0.2) is 0 Å². The van der Waals surface area contributed by atoms with Crippen LogP contribution in [0, 0.1) is 0 Å². The first kappa shape index (κ1) is 17.6. The minimum atomic E-state index is -0.643. The summed E-state index contributed by atoms with van der Waals surface area (Å²) in [6, 6.07) is -1.16. The van der Waals surface area contributed by atoms with Crippen LogP contribution in [0.2, 0.25) is 0 Å². The topological polar surface area (TPSA) is 84.9 Å². The average molecular weight is 326 g/mol. The molecule has 0 aromatic heterocycles. The van der Waals surface area contributed by atoms with Crippen molar-refractivity contribution in [2.45, 2.75) is 76.6 Å². The molecule has 1 N–H and O–H groups in total. The molecular weight excluding hydrogens is 300 g/mol. The van der Waals surface area contributed by atoms with Crippen LogP contribution in [-0.2, 0) is 19.1 Å². The van der Waals surface area contributed by atoms with Gasteiger partial charge in [-0.15, -0.1) is 0 Å². The Hall–Kier alpha value is -1.79. The van der Waals surface area contributed by atoms with Crippen LogP contribution in [0.1, 0.15) is 52.9 Å². The van der Waals surface area contributed by atoms with Gasteiger partial charge in [-0.25, -0.2) is 9.59 Å². The normalized spacial score (nSPS) is 27.9. The van der Waals surface area contributed by atoms with E-state index in [2.05, 4.69) is 10.1 Å². The number of amides is 2. The van der Waals surface area contributed by atoms with Gasteiger partial charge in [0.1, 0.15) is 17.7 Å². The molecule has 23 heavy (non-hydrogen) atoms. The van der Waals surface area contributed by atoms with Crippen molar-refractivity contribution in [1.82, 2.24) is 10.2 Å². The monoisotopic (exact) mass is 326 g/mol. The van der Waals surface area contributed by atoms with Gasteiger partial charge >= 0.3 is 12.1 Å². The van der Waals surface area contributed by atoms with Gasteiger partial charge in [0.25, 0.3) is 0 Å². The van der Waals surface area contributed by atoms with Gasteiger partial charge in [-0.3, -0.25) is 4.79 Å². The van der Waals surface area contributed by atoms with E-state index in [9.17, 15) is 14.4 Å². The first-order valence-electron chi connectivity index (χ1n) is 8.12. The summed E-state index contributed by atoms with van der Waals surface area (Å²) >= 11 is 0. The first-order valence-corrected chi connectivity index (χ1v) is 8.12. The minimum absolute atomic E-state index is 0.0458. The van der Waals surface area contributed by atoms with E-state index in [1.54, 1.807) is 4.90 Å². The summed E-state index contributed by atoms with van der Waals surface area (Å²) in [7, 11) is 1.26. The van der Waals surface area contributed by atoms with E-state index in [4.69, 9.17) is 4.74 Å². The van der Waals surface area contributed by atoms with Gasteiger partial charge in [-0.1, -0.05) is 0 Å². The highest BCUT2D eigenvalue weighted by molar-refractivity contribution is 5.90. The van der Waals surface area contributed by atoms with E-state index in [-0.39, 0.29) is 17.9 Å². The highest BCUT2D eigenvalue weighted by Gasteiger charge is 2.46. The van der Waals surface area contributed by atoms with Gasteiger partial charge in [0.2, 0.25) is 5.91 Å². The van der Waals surface area contributed by atoms with Crippen molar-refractivity contribution >= 4 is 18.0 Å². The molecule has 7 nitrogen and oxygen atoms in total. The SMILES string of the molecule is COC(=O)N[C@H]1CCC[C@H]2CC[C@@H](C(=O)OC(C)(C)C)N2C1=O. The number of carbonyl (C=O) groups is 3. The Balaban J connectivity index is 2.14. The third kappa shape index (κ3) is 4.14. The predicted octanol–water partition coefficient (Wildman–Crippen LogP) is 1.60. The second-order valence-electron chi connectivity index (χ2n) is 7.15. The van der Waals surface area contributed by atoms with Gasteiger partial charge in [0.05, 0.1) is 7.11 Å². The third-order valence-electron chi connectivity index (χ3n) is 4.24. The maximum absolute atomic E-state index is 12.8. The molecule has 3 atom stereocenters. The van der Waals surface area contributed by atoms with Gasteiger partial charge in [-0.2, -0.15) is 0 Å². The quantitative estimate of drug-likeness (QED) is 0.779. The summed E-state index contributed by atoms with van der Waals surface area (Å²) in [6.07, 6.45) is 2.99. The lowest BCUT2D eigenvalue weighted by Gasteiger charge is -2.31. The van der Waals surface area contributed by atoms with Gasteiger partial charge in [0, 0.05) is 6.04 Å². The lowest BCUT2D eigenvalue weighted by Crippen LogP contribution is -2.53. The molecule has 130 valence electrons. The number of nitrogens with one attached hydrogen (secondary N) is 1. The Morgan fingerprint density at radius 1 is 1.17 bits per heavy atom. The standard InChI is InChI=1S/C16H26N2O5/c1-16(2,3)23-14(20)12-9-8-10-6-5-7-11(13(19)18(10)12)17-15(21)22-4/h10-12H,5-9H2,1-4H3,(H,17,21)/t10-,11-,12-/m0/s1. The fraction of sp³-hybridized carbons (Fsp3) is 0.812. The van der Waals surface area contributed by atoms with Crippen molar-refractivity contribution in [3.8, 4) is 0 Å². The number of hydrogen-bond acceptors (Lipinski definition) is 5. The fourth-order valence-corrected chi connectivity index (χ4v) is 3.30. The lowest BCUT2D eigenvalue weighted by atomic mass is 10.1. The number of hydrogen-bond donors (Lipinski definition) is 1. The number of esters is 1. The summed E-state index contributed by atoms with van der Waals surface area (Å²) in [4.78, 5) is 38.3. The number of alkyl carbamates (subject to hydrolysis) is 1. The van der Waals surface area contributed by atoms with Crippen LogP contribution in [0.4, 0.5) is 4.79 Å². The third-order valence-corrected chi connectivity index (χ3v) is 4.24. The number of methoxy groups -OCH3 is 1. The molecule has 2 saturated heterocycles. The Bertz CT molecular complexity index is 485. The maximum Gasteiger partial charge on any atom is 0.407 e. The second-order valence-corrected chi connectivity index (χ2v) is 7.15. The molecule has 0 aliphatic carbocycles. The Kier molecular flexibility index (Phi) is 5.16. The fourth-order valence-electron chi connectivity index (χ4n) is 3.30. The molecular formula is C16H26N2O5. The molecule has 0 radical (unpaired) electrons. The zero-order valence-corrected chi connectivity index (χ0v) is 14.3. The van der Waals surface area contributed by atoms with Gasteiger partial charge in [-0.05, 0) is 52.9 Å². The molecule has 2 heterocycles. The van der Waals surface area contributed by atoms with Crippen LogP contribution in [-0.4, -0.2) is 53.7 Å². The number of carbonyl (C=O) groups excluding carboxylic acids is 3. The molecule has 0 bridgehead atoms. The molecule has 7 heteroatoms. The van der Waals surface area contributed by atoms with Crippen LogP contribution in [0.5, 0.6) is 0 Å². The van der Waals surface area contributed by atoms with Crippen molar-refractivity contribution in [3.63, 3.8) is 0 Å². The second kappa shape index (κ2) is 6.76. The van der Waals surface area contributed by atoms with E-state index in [0.717, 1.165) is 19.3 Å². The van der Waals surface area contributed by atoms with E-state index in [0.29, 0.717) is 12.8 Å². The summed E-state index contributed by atoms with van der Waals surface area (Å²) in [5, 5.41) is 2.57. The smallest absolute Gasteiger partial charge is 0.407 e. The van der Waals surface area contributed by atoms with Crippen molar-refractivity contribution < 1.29 is 23.9 Å².